The molecule has 2 aromatic rings. The lowest BCUT2D eigenvalue weighted by Gasteiger charge is -2.44. The number of carbonyl (C=O) groups is 1. The minimum Gasteiger partial charge on any atom is -0.497 e. The van der Waals surface area contributed by atoms with E-state index < -0.39 is 49.8 Å². The van der Waals surface area contributed by atoms with E-state index in [2.05, 4.69) is 33.9 Å². The molecule has 10 nitrogen and oxygen atoms in total. The monoisotopic (exact) mass is 716 g/mol. The molecule has 1 amide bonds. The Morgan fingerprint density at radius 3 is 1.88 bits per heavy atom. The van der Waals surface area contributed by atoms with Crippen LogP contribution in [0.4, 0.5) is 4.79 Å². The standard InChI is InChI=1S/C37H56N2O8SSi/c1-12-21-39(35(40)47-36(2,3)4)34-38-30-32(44-23-26-15-19-28(42-9)20-16-26)31(43-22-25-13-17-27(41-8)18-14-25)29(46-33(30)48-34)24-45-49(10,11)37(5,6)7/h13-20,29-33H,12,21-24H2,1-11H3/t29-,30-,31-,32-,33-/m1/s1. The third kappa shape index (κ3) is 10.5. The zero-order valence-electron chi connectivity index (χ0n) is 31.1. The lowest BCUT2D eigenvalue weighted by atomic mass is 9.97. The van der Waals surface area contributed by atoms with Crippen molar-refractivity contribution in [3.8, 4) is 11.5 Å². The third-order valence-corrected chi connectivity index (χ3v) is 14.7. The van der Waals surface area contributed by atoms with E-state index in [0.29, 0.717) is 31.5 Å². The molecule has 2 aromatic carbocycles. The van der Waals surface area contributed by atoms with E-state index in [0.717, 1.165) is 29.0 Å². The number of carbonyl (C=O) groups excluding carboxylic acids is 1. The van der Waals surface area contributed by atoms with Gasteiger partial charge >= 0.3 is 6.09 Å². The van der Waals surface area contributed by atoms with Gasteiger partial charge in [0.05, 0.1) is 34.0 Å². The maximum atomic E-state index is 13.4. The van der Waals surface area contributed by atoms with Gasteiger partial charge < -0.3 is 32.8 Å². The third-order valence-electron chi connectivity index (χ3n) is 9.01. The van der Waals surface area contributed by atoms with Crippen molar-refractivity contribution in [2.45, 2.75) is 122 Å². The Kier molecular flexibility index (Phi) is 13.3. The van der Waals surface area contributed by atoms with E-state index in [1.165, 1.54) is 11.8 Å². The largest absolute Gasteiger partial charge is 0.497 e. The Labute approximate surface area is 298 Å². The second-order valence-corrected chi connectivity index (χ2v) is 20.9. The number of amidine groups is 1. The van der Waals surface area contributed by atoms with E-state index in [9.17, 15) is 4.79 Å². The van der Waals surface area contributed by atoms with Crippen LogP contribution in [0, 0.1) is 0 Å². The van der Waals surface area contributed by atoms with Gasteiger partial charge in [-0.1, -0.05) is 63.7 Å². The molecule has 272 valence electrons. The molecule has 2 aliphatic rings. The summed E-state index contributed by atoms with van der Waals surface area (Å²) in [6.07, 6.45) is -1.16. The number of aliphatic imine (C=N–C) groups is 1. The van der Waals surface area contributed by atoms with Gasteiger partial charge in [0, 0.05) is 6.54 Å². The van der Waals surface area contributed by atoms with Gasteiger partial charge in [0.25, 0.3) is 0 Å². The second kappa shape index (κ2) is 16.6. The lowest BCUT2D eigenvalue weighted by molar-refractivity contribution is -0.204. The van der Waals surface area contributed by atoms with Crippen molar-refractivity contribution in [1.82, 2.24) is 4.90 Å². The molecule has 0 radical (unpaired) electrons. The molecule has 1 saturated heterocycles. The van der Waals surface area contributed by atoms with Gasteiger partial charge in [0.15, 0.2) is 13.5 Å². The van der Waals surface area contributed by atoms with Crippen LogP contribution in [0.3, 0.4) is 0 Å². The number of rotatable bonds is 13. The van der Waals surface area contributed by atoms with Crippen molar-refractivity contribution < 1.29 is 37.6 Å². The molecule has 0 aromatic heterocycles. The number of fused-ring (bicyclic) bond motifs is 1. The van der Waals surface area contributed by atoms with Gasteiger partial charge in [0.1, 0.15) is 46.9 Å². The summed E-state index contributed by atoms with van der Waals surface area (Å²) in [6, 6.07) is 15.2. The summed E-state index contributed by atoms with van der Waals surface area (Å²) in [6.45, 7) is 20.2. The van der Waals surface area contributed by atoms with Crippen LogP contribution in [-0.4, -0.2) is 87.2 Å². The molecule has 2 aliphatic heterocycles. The highest BCUT2D eigenvalue weighted by molar-refractivity contribution is 8.14. The zero-order chi connectivity index (χ0) is 36.0. The van der Waals surface area contributed by atoms with Gasteiger partial charge in [-0.05, 0) is 80.7 Å². The number of thioether (sulfide) groups is 1. The highest BCUT2D eigenvalue weighted by atomic mass is 32.2. The Bertz CT molecular complexity index is 1390. The van der Waals surface area contributed by atoms with E-state index >= 15 is 0 Å². The molecule has 5 atom stereocenters. The molecule has 0 unspecified atom stereocenters. The van der Waals surface area contributed by atoms with Gasteiger partial charge in [-0.3, -0.25) is 9.89 Å². The maximum absolute atomic E-state index is 13.4. The Hall–Kier alpha value is -2.61. The van der Waals surface area contributed by atoms with E-state index in [-0.39, 0.29) is 5.04 Å². The highest BCUT2D eigenvalue weighted by Gasteiger charge is 2.52. The maximum Gasteiger partial charge on any atom is 0.416 e. The van der Waals surface area contributed by atoms with Crippen LogP contribution >= 0.6 is 11.8 Å². The van der Waals surface area contributed by atoms with Gasteiger partial charge in [-0.25, -0.2) is 4.79 Å². The topological polar surface area (TPSA) is 97.3 Å². The molecule has 0 saturated carbocycles. The average molecular weight is 717 g/mol. The number of ether oxygens (including phenoxy) is 6. The first-order chi connectivity index (χ1) is 23.0. The fourth-order valence-corrected chi connectivity index (χ4v) is 7.44. The summed E-state index contributed by atoms with van der Waals surface area (Å²) < 4.78 is 43.6. The van der Waals surface area contributed by atoms with E-state index in [4.69, 9.17) is 37.8 Å². The zero-order valence-corrected chi connectivity index (χ0v) is 32.9. The number of hydrogen-bond acceptors (Lipinski definition) is 10. The van der Waals surface area contributed by atoms with Crippen LogP contribution in [0.5, 0.6) is 11.5 Å². The molecule has 4 rings (SSSR count). The van der Waals surface area contributed by atoms with Crippen molar-refractivity contribution >= 4 is 31.3 Å². The molecule has 2 heterocycles. The Morgan fingerprint density at radius 2 is 1.41 bits per heavy atom. The average Bonchev–Trinajstić information content (AvgIpc) is 3.46. The Morgan fingerprint density at radius 1 is 0.878 bits per heavy atom. The molecular formula is C37H56N2O8SSi. The SMILES string of the molecule is CCCN(C(=O)OC(C)(C)C)C1=N[C@@H]2[C@@H](OCc3ccc(OC)cc3)[C@H](OCc3ccc(OC)cc3)[C@@H](CO[Si](C)(C)C(C)(C)C)O[C@@H]2S1. The fourth-order valence-electron chi connectivity index (χ4n) is 5.19. The lowest BCUT2D eigenvalue weighted by Crippen LogP contribution is -2.59. The van der Waals surface area contributed by atoms with Crippen LogP contribution < -0.4 is 9.47 Å². The van der Waals surface area contributed by atoms with E-state index in [1.54, 1.807) is 19.1 Å². The molecule has 0 N–H and O–H groups in total. The van der Waals surface area contributed by atoms with Crippen LogP contribution in [-0.2, 0) is 36.6 Å². The molecule has 49 heavy (non-hydrogen) atoms. The summed E-state index contributed by atoms with van der Waals surface area (Å²) in [5.41, 5.74) is 0.923. The molecule has 1 fully saturated rings. The van der Waals surface area contributed by atoms with E-state index in [1.807, 2.05) is 76.2 Å². The normalized spacial score (nSPS) is 22.7. The smallest absolute Gasteiger partial charge is 0.416 e. The molecular weight excluding hydrogens is 661 g/mol. The first-order valence-corrected chi connectivity index (χ1v) is 20.9. The summed E-state index contributed by atoms with van der Waals surface area (Å²) in [5.74, 6) is 1.55. The number of nitrogens with zero attached hydrogens (tertiary/aromatic N) is 2. The predicted octanol–water partition coefficient (Wildman–Crippen LogP) is 8.04. The van der Waals surface area contributed by atoms with Crippen molar-refractivity contribution in [2.24, 2.45) is 4.99 Å². The van der Waals surface area contributed by atoms with Crippen molar-refractivity contribution in [2.75, 3.05) is 27.4 Å². The first kappa shape index (κ1) is 39.2. The molecule has 0 spiro atoms. The summed E-state index contributed by atoms with van der Waals surface area (Å²) in [4.78, 5) is 20.1. The number of amides is 1. The summed E-state index contributed by atoms with van der Waals surface area (Å²) in [5, 5.41) is 0.574. The molecule has 12 heteroatoms. The quantitative estimate of drug-likeness (QED) is 0.191. The number of benzene rings is 2. The molecule has 0 aliphatic carbocycles. The van der Waals surface area contributed by atoms with Gasteiger partial charge in [0.2, 0.25) is 0 Å². The fraction of sp³-hybridized carbons (Fsp3) is 0.622. The number of hydrogen-bond donors (Lipinski definition) is 0. The van der Waals surface area contributed by atoms with Crippen LogP contribution in [0.15, 0.2) is 53.5 Å². The van der Waals surface area contributed by atoms with Crippen molar-refractivity contribution in [1.29, 1.82) is 0 Å². The first-order valence-electron chi connectivity index (χ1n) is 17.1. The summed E-state index contributed by atoms with van der Waals surface area (Å²) in [7, 11) is 1.16. The summed E-state index contributed by atoms with van der Waals surface area (Å²) >= 11 is 1.43. The van der Waals surface area contributed by atoms with Crippen LogP contribution in [0.25, 0.3) is 0 Å². The highest BCUT2D eigenvalue weighted by Crippen LogP contribution is 2.42. The van der Waals surface area contributed by atoms with Crippen LogP contribution in [0.1, 0.15) is 66.0 Å². The Balaban J connectivity index is 1.69. The second-order valence-electron chi connectivity index (χ2n) is 15.0. The van der Waals surface area contributed by atoms with Crippen molar-refractivity contribution in [3.05, 3.63) is 59.7 Å². The number of methoxy groups -OCH3 is 2. The minimum atomic E-state index is -2.14. The van der Waals surface area contributed by atoms with Crippen molar-refractivity contribution in [3.63, 3.8) is 0 Å². The van der Waals surface area contributed by atoms with Gasteiger partial charge in [-0.2, -0.15) is 0 Å². The minimum absolute atomic E-state index is 0.0143. The van der Waals surface area contributed by atoms with Gasteiger partial charge in [-0.15, -0.1) is 0 Å². The predicted molar refractivity (Wildman–Crippen MR) is 197 cm³/mol. The van der Waals surface area contributed by atoms with Crippen LogP contribution in [0.2, 0.25) is 18.1 Å². The molecule has 0 bridgehead atoms.